The lowest BCUT2D eigenvalue weighted by atomic mass is 10.1. The number of hydrogen-bond acceptors (Lipinski definition) is 4. The van der Waals surface area contributed by atoms with Crippen LogP contribution >= 0.6 is 0 Å². The normalized spacial score (nSPS) is 11.0. The van der Waals surface area contributed by atoms with Crippen molar-refractivity contribution in [2.24, 2.45) is 0 Å². The van der Waals surface area contributed by atoms with E-state index in [0.29, 0.717) is 6.61 Å². The van der Waals surface area contributed by atoms with Crippen molar-refractivity contribution < 1.29 is 9.26 Å². The van der Waals surface area contributed by atoms with Crippen molar-refractivity contribution in [1.82, 2.24) is 10.1 Å². The van der Waals surface area contributed by atoms with E-state index in [-0.39, 0.29) is 0 Å². The van der Waals surface area contributed by atoms with E-state index in [1.165, 1.54) is 5.56 Å². The second-order valence-corrected chi connectivity index (χ2v) is 6.48. The lowest BCUT2D eigenvalue weighted by molar-refractivity contribution is 0.281. The van der Waals surface area contributed by atoms with Gasteiger partial charge in [0, 0.05) is 23.7 Å². The Hall–Kier alpha value is -2.59. The lowest BCUT2D eigenvalue weighted by Gasteiger charge is -2.10. The minimum atomic E-state index is 0.703. The standard InChI is InChI=1S/C21H24N2O2/c1-16-8-10-17(11-9-16)21-15-20(22-25-21)18-6-4-7-19(14-18)24-13-5-12-23(2)3/h4,6-11,14-15H,5,12-13H2,1-3H3. The Labute approximate surface area is 149 Å². The molecule has 1 heterocycles. The van der Waals surface area contributed by atoms with Gasteiger partial charge in [0.1, 0.15) is 11.4 Å². The molecule has 0 unspecified atom stereocenters. The van der Waals surface area contributed by atoms with Crippen LogP contribution in [-0.4, -0.2) is 37.3 Å². The quantitative estimate of drug-likeness (QED) is 0.589. The molecule has 2 aromatic carbocycles. The summed E-state index contributed by atoms with van der Waals surface area (Å²) in [5.74, 6) is 1.63. The third-order valence-electron chi connectivity index (χ3n) is 3.99. The summed E-state index contributed by atoms with van der Waals surface area (Å²) in [6.45, 7) is 3.79. The second-order valence-electron chi connectivity index (χ2n) is 6.48. The zero-order chi connectivity index (χ0) is 17.6. The van der Waals surface area contributed by atoms with Crippen LogP contribution in [0.3, 0.4) is 0 Å². The lowest BCUT2D eigenvalue weighted by Crippen LogP contribution is -2.15. The van der Waals surface area contributed by atoms with Crippen LogP contribution in [0, 0.1) is 6.92 Å². The second kappa shape index (κ2) is 7.99. The van der Waals surface area contributed by atoms with Gasteiger partial charge in [-0.15, -0.1) is 0 Å². The maximum absolute atomic E-state index is 5.84. The number of nitrogens with zero attached hydrogens (tertiary/aromatic N) is 2. The van der Waals surface area contributed by atoms with Crippen LogP contribution in [0.2, 0.25) is 0 Å². The molecule has 0 aliphatic heterocycles. The third-order valence-corrected chi connectivity index (χ3v) is 3.99. The van der Waals surface area contributed by atoms with E-state index in [4.69, 9.17) is 9.26 Å². The fraction of sp³-hybridized carbons (Fsp3) is 0.286. The molecule has 0 N–H and O–H groups in total. The average molecular weight is 336 g/mol. The summed E-state index contributed by atoms with van der Waals surface area (Å²) < 4.78 is 11.4. The van der Waals surface area contributed by atoms with Gasteiger partial charge in [0.15, 0.2) is 5.76 Å². The van der Waals surface area contributed by atoms with Crippen LogP contribution < -0.4 is 4.74 Å². The minimum Gasteiger partial charge on any atom is -0.494 e. The molecule has 0 aliphatic rings. The van der Waals surface area contributed by atoms with Gasteiger partial charge in [0.25, 0.3) is 0 Å². The molecule has 0 saturated carbocycles. The Kier molecular flexibility index (Phi) is 5.51. The molecule has 0 amide bonds. The fourth-order valence-corrected chi connectivity index (χ4v) is 2.58. The summed E-state index contributed by atoms with van der Waals surface area (Å²) in [7, 11) is 4.13. The number of hydrogen-bond donors (Lipinski definition) is 0. The Morgan fingerprint density at radius 1 is 1.00 bits per heavy atom. The number of ether oxygens (including phenoxy) is 1. The third kappa shape index (κ3) is 4.70. The number of aromatic nitrogens is 1. The first-order valence-electron chi connectivity index (χ1n) is 8.53. The Balaban J connectivity index is 1.70. The molecule has 0 spiro atoms. The van der Waals surface area contributed by atoms with E-state index in [2.05, 4.69) is 43.2 Å². The van der Waals surface area contributed by atoms with Crippen LogP contribution in [0.5, 0.6) is 5.75 Å². The van der Waals surface area contributed by atoms with Gasteiger partial charge in [-0.05, 0) is 39.6 Å². The van der Waals surface area contributed by atoms with Gasteiger partial charge in [-0.2, -0.15) is 0 Å². The van der Waals surface area contributed by atoms with E-state index in [1.807, 2.05) is 42.5 Å². The largest absolute Gasteiger partial charge is 0.494 e. The van der Waals surface area contributed by atoms with Crippen molar-refractivity contribution in [2.45, 2.75) is 13.3 Å². The molecule has 130 valence electrons. The number of rotatable bonds is 7. The monoisotopic (exact) mass is 336 g/mol. The average Bonchev–Trinajstić information content (AvgIpc) is 3.10. The molecular weight excluding hydrogens is 312 g/mol. The van der Waals surface area contributed by atoms with E-state index in [9.17, 15) is 0 Å². The summed E-state index contributed by atoms with van der Waals surface area (Å²) in [6.07, 6.45) is 0.999. The fourth-order valence-electron chi connectivity index (χ4n) is 2.58. The predicted octanol–water partition coefficient (Wildman–Crippen LogP) is 4.65. The van der Waals surface area contributed by atoms with E-state index < -0.39 is 0 Å². The first-order chi connectivity index (χ1) is 12.1. The van der Waals surface area contributed by atoms with E-state index in [0.717, 1.165) is 41.3 Å². The van der Waals surface area contributed by atoms with Crippen molar-refractivity contribution in [3.05, 3.63) is 60.2 Å². The van der Waals surface area contributed by atoms with Gasteiger partial charge in [0.2, 0.25) is 0 Å². The molecule has 4 nitrogen and oxygen atoms in total. The number of aryl methyl sites for hydroxylation is 1. The topological polar surface area (TPSA) is 38.5 Å². The highest BCUT2D eigenvalue weighted by Crippen LogP contribution is 2.28. The van der Waals surface area contributed by atoms with Crippen molar-refractivity contribution in [3.8, 4) is 28.3 Å². The summed E-state index contributed by atoms with van der Waals surface area (Å²) >= 11 is 0. The van der Waals surface area contributed by atoms with Crippen LogP contribution in [0.25, 0.3) is 22.6 Å². The SMILES string of the molecule is Cc1ccc(-c2cc(-c3cccc(OCCCN(C)C)c3)no2)cc1. The highest BCUT2D eigenvalue weighted by molar-refractivity contribution is 5.67. The highest BCUT2D eigenvalue weighted by atomic mass is 16.5. The van der Waals surface area contributed by atoms with Gasteiger partial charge in [-0.25, -0.2) is 0 Å². The van der Waals surface area contributed by atoms with Crippen LogP contribution in [-0.2, 0) is 0 Å². The van der Waals surface area contributed by atoms with Crippen LogP contribution in [0.1, 0.15) is 12.0 Å². The zero-order valence-electron chi connectivity index (χ0n) is 15.0. The molecule has 25 heavy (non-hydrogen) atoms. The molecule has 3 rings (SSSR count). The maximum Gasteiger partial charge on any atom is 0.167 e. The summed E-state index contributed by atoms with van der Waals surface area (Å²) in [5, 5.41) is 4.21. The molecule has 0 saturated heterocycles. The van der Waals surface area contributed by atoms with E-state index >= 15 is 0 Å². The van der Waals surface area contributed by atoms with Gasteiger partial charge >= 0.3 is 0 Å². The number of benzene rings is 2. The predicted molar refractivity (Wildman–Crippen MR) is 101 cm³/mol. The first-order valence-corrected chi connectivity index (χ1v) is 8.53. The molecular formula is C21H24N2O2. The Bertz CT molecular complexity index is 807. The van der Waals surface area contributed by atoms with Crippen molar-refractivity contribution >= 4 is 0 Å². The van der Waals surface area contributed by atoms with Crippen molar-refractivity contribution in [1.29, 1.82) is 0 Å². The molecule has 0 aliphatic carbocycles. The maximum atomic E-state index is 5.84. The molecule has 0 radical (unpaired) electrons. The van der Waals surface area contributed by atoms with Crippen molar-refractivity contribution in [2.75, 3.05) is 27.2 Å². The van der Waals surface area contributed by atoms with E-state index in [1.54, 1.807) is 0 Å². The summed E-state index contributed by atoms with van der Waals surface area (Å²) in [6, 6.07) is 18.2. The molecule has 0 atom stereocenters. The first kappa shape index (κ1) is 17.2. The van der Waals surface area contributed by atoms with Gasteiger partial charge in [-0.3, -0.25) is 0 Å². The van der Waals surface area contributed by atoms with Gasteiger partial charge in [-0.1, -0.05) is 47.1 Å². The molecule has 1 aromatic heterocycles. The zero-order valence-corrected chi connectivity index (χ0v) is 15.0. The van der Waals surface area contributed by atoms with Crippen LogP contribution in [0.4, 0.5) is 0 Å². The minimum absolute atomic E-state index is 0.703. The smallest absolute Gasteiger partial charge is 0.167 e. The summed E-state index contributed by atoms with van der Waals surface area (Å²) in [4.78, 5) is 2.15. The molecule has 3 aromatic rings. The highest BCUT2D eigenvalue weighted by Gasteiger charge is 2.09. The van der Waals surface area contributed by atoms with Gasteiger partial charge in [0.05, 0.1) is 6.61 Å². The van der Waals surface area contributed by atoms with Gasteiger partial charge < -0.3 is 14.2 Å². The van der Waals surface area contributed by atoms with Crippen molar-refractivity contribution in [3.63, 3.8) is 0 Å². The molecule has 4 heteroatoms. The Morgan fingerprint density at radius 2 is 1.80 bits per heavy atom. The molecule has 0 fully saturated rings. The Morgan fingerprint density at radius 3 is 2.56 bits per heavy atom. The summed E-state index contributed by atoms with van der Waals surface area (Å²) in [5.41, 5.74) is 4.06. The molecule has 0 bridgehead atoms. The van der Waals surface area contributed by atoms with Crippen LogP contribution in [0.15, 0.2) is 59.1 Å².